The fraction of sp³-hybridized carbons (Fsp3) is 0.222. The summed E-state index contributed by atoms with van der Waals surface area (Å²) in [5.74, 6) is -1.57. The van der Waals surface area contributed by atoms with Gasteiger partial charge >= 0.3 is 11.9 Å². The van der Waals surface area contributed by atoms with Crippen LogP contribution < -0.4 is 0 Å². The van der Waals surface area contributed by atoms with Crippen molar-refractivity contribution in [1.82, 2.24) is 15.0 Å². The topological polar surface area (TPSA) is 130 Å². The highest BCUT2D eigenvalue weighted by molar-refractivity contribution is 6.31. The summed E-state index contributed by atoms with van der Waals surface area (Å²) < 4.78 is 10.6. The number of rotatable bonds is 4. The molecule has 3 aromatic rings. The van der Waals surface area contributed by atoms with Crippen LogP contribution in [0.25, 0.3) is 11.6 Å². The van der Waals surface area contributed by atoms with Crippen LogP contribution in [-0.4, -0.2) is 50.3 Å². The summed E-state index contributed by atoms with van der Waals surface area (Å²) in [5, 5.41) is 19.6. The fourth-order valence-corrected chi connectivity index (χ4v) is 2.83. The average molecular weight is 406 g/mol. The van der Waals surface area contributed by atoms with Crippen molar-refractivity contribution in [2.45, 2.75) is 12.5 Å². The van der Waals surface area contributed by atoms with Crippen molar-refractivity contribution in [2.24, 2.45) is 0 Å². The number of furan rings is 1. The van der Waals surface area contributed by atoms with Gasteiger partial charge in [0.1, 0.15) is 0 Å². The Kier molecular flexibility index (Phi) is 6.07. The molecule has 1 aromatic carbocycles. The Hall–Kier alpha value is -3.17. The highest BCUT2D eigenvalue weighted by Crippen LogP contribution is 2.30. The number of carbonyl (C=O) groups is 2. The molecule has 0 radical (unpaired) electrons. The summed E-state index contributed by atoms with van der Waals surface area (Å²) in [4.78, 5) is 24.9. The molecule has 0 atom stereocenters. The van der Waals surface area contributed by atoms with Gasteiger partial charge in [0.15, 0.2) is 5.76 Å². The largest absolute Gasteiger partial charge is 0.473 e. The lowest BCUT2D eigenvalue weighted by Gasteiger charge is -2.37. The molecule has 1 aliphatic rings. The van der Waals surface area contributed by atoms with Crippen molar-refractivity contribution in [1.29, 1.82) is 0 Å². The first kappa shape index (κ1) is 19.6. The van der Waals surface area contributed by atoms with E-state index in [-0.39, 0.29) is 5.92 Å². The highest BCUT2D eigenvalue weighted by Gasteiger charge is 2.33. The lowest BCUT2D eigenvalue weighted by molar-refractivity contribution is -0.159. The third kappa shape index (κ3) is 4.76. The van der Waals surface area contributed by atoms with Crippen LogP contribution >= 0.6 is 11.6 Å². The van der Waals surface area contributed by atoms with Crippen molar-refractivity contribution < 1.29 is 28.7 Å². The minimum absolute atomic E-state index is 0.277. The third-order valence-corrected chi connectivity index (χ3v) is 4.39. The van der Waals surface area contributed by atoms with E-state index in [4.69, 9.17) is 40.3 Å². The molecule has 0 spiro atoms. The SMILES string of the molecule is Clc1ccccc1CN1CC(c2nc(-c3ccco3)no2)C1.O=C(O)C(=O)O. The molecule has 146 valence electrons. The number of benzene rings is 1. The van der Waals surface area contributed by atoms with Gasteiger partial charge in [0, 0.05) is 24.7 Å². The lowest BCUT2D eigenvalue weighted by atomic mass is 9.99. The van der Waals surface area contributed by atoms with Gasteiger partial charge in [-0.05, 0) is 23.8 Å². The number of hydrogen-bond donors (Lipinski definition) is 2. The predicted molar refractivity (Wildman–Crippen MR) is 96.7 cm³/mol. The zero-order valence-corrected chi connectivity index (χ0v) is 15.2. The Morgan fingerprint density at radius 2 is 1.86 bits per heavy atom. The Morgan fingerprint density at radius 1 is 1.14 bits per heavy atom. The minimum atomic E-state index is -1.82. The Labute approximate surface area is 164 Å². The van der Waals surface area contributed by atoms with Crippen molar-refractivity contribution in [2.75, 3.05) is 13.1 Å². The molecular weight excluding hydrogens is 390 g/mol. The molecule has 3 heterocycles. The van der Waals surface area contributed by atoms with E-state index in [0.29, 0.717) is 17.5 Å². The van der Waals surface area contributed by atoms with Crippen LogP contribution in [0.2, 0.25) is 5.02 Å². The van der Waals surface area contributed by atoms with E-state index in [1.165, 1.54) is 0 Å². The fourth-order valence-electron chi connectivity index (χ4n) is 2.63. The van der Waals surface area contributed by atoms with Crippen LogP contribution in [0, 0.1) is 0 Å². The first-order valence-corrected chi connectivity index (χ1v) is 8.61. The van der Waals surface area contributed by atoms with Gasteiger partial charge in [-0.1, -0.05) is 35.0 Å². The first-order chi connectivity index (χ1) is 13.4. The molecular formula is C18H16ClN3O6. The van der Waals surface area contributed by atoms with Crippen molar-refractivity contribution in [3.63, 3.8) is 0 Å². The van der Waals surface area contributed by atoms with Crippen molar-refractivity contribution in [3.05, 3.63) is 59.1 Å². The number of aliphatic carboxylic acids is 2. The van der Waals surface area contributed by atoms with E-state index in [9.17, 15) is 0 Å². The third-order valence-electron chi connectivity index (χ3n) is 4.02. The number of aromatic nitrogens is 2. The van der Waals surface area contributed by atoms with Gasteiger partial charge in [-0.2, -0.15) is 4.98 Å². The van der Waals surface area contributed by atoms with Gasteiger partial charge in [0.25, 0.3) is 0 Å². The normalized spacial score (nSPS) is 14.0. The molecule has 0 amide bonds. The average Bonchev–Trinajstić information content (AvgIpc) is 3.31. The van der Waals surface area contributed by atoms with Crippen LogP contribution in [0.5, 0.6) is 0 Å². The maximum atomic E-state index is 9.10. The van der Waals surface area contributed by atoms with E-state index in [1.807, 2.05) is 24.3 Å². The van der Waals surface area contributed by atoms with Gasteiger partial charge in [0.2, 0.25) is 11.7 Å². The van der Waals surface area contributed by atoms with E-state index in [2.05, 4.69) is 21.1 Å². The highest BCUT2D eigenvalue weighted by atomic mass is 35.5. The molecule has 2 N–H and O–H groups in total. The zero-order chi connectivity index (χ0) is 20.1. The number of carboxylic acids is 2. The molecule has 0 aliphatic carbocycles. The number of halogens is 1. The molecule has 1 saturated heterocycles. The van der Waals surface area contributed by atoms with Crippen molar-refractivity contribution >= 4 is 23.5 Å². The summed E-state index contributed by atoms with van der Waals surface area (Å²) >= 11 is 6.19. The monoisotopic (exact) mass is 405 g/mol. The summed E-state index contributed by atoms with van der Waals surface area (Å²) in [5.41, 5.74) is 1.14. The summed E-state index contributed by atoms with van der Waals surface area (Å²) in [6, 6.07) is 11.5. The summed E-state index contributed by atoms with van der Waals surface area (Å²) in [6.07, 6.45) is 1.60. The smallest absolute Gasteiger partial charge is 0.414 e. The van der Waals surface area contributed by atoms with Crippen LogP contribution in [0.4, 0.5) is 0 Å². The second-order valence-corrected chi connectivity index (χ2v) is 6.43. The second kappa shape index (κ2) is 8.68. The Balaban J connectivity index is 0.000000330. The summed E-state index contributed by atoms with van der Waals surface area (Å²) in [6.45, 7) is 2.63. The predicted octanol–water partition coefficient (Wildman–Crippen LogP) is 2.74. The number of hydrogen-bond acceptors (Lipinski definition) is 7. The molecule has 1 aliphatic heterocycles. The second-order valence-electron chi connectivity index (χ2n) is 6.03. The number of carboxylic acid groups (broad SMARTS) is 2. The van der Waals surface area contributed by atoms with Gasteiger partial charge in [-0.3, -0.25) is 4.90 Å². The molecule has 1 fully saturated rings. The molecule has 0 unspecified atom stereocenters. The standard InChI is InChI=1S/C16H14ClN3O2.C2H2O4/c17-13-5-2-1-4-11(13)8-20-9-12(10-20)16-18-15(19-22-16)14-6-3-7-21-14;3-1(4)2(5)6/h1-7,12H,8-10H2;(H,3,4)(H,5,6). The lowest BCUT2D eigenvalue weighted by Crippen LogP contribution is -2.44. The van der Waals surface area contributed by atoms with Gasteiger partial charge in [0.05, 0.1) is 12.2 Å². The Morgan fingerprint density at radius 3 is 2.46 bits per heavy atom. The Bertz CT molecular complexity index is 938. The first-order valence-electron chi connectivity index (χ1n) is 8.23. The minimum Gasteiger partial charge on any atom is -0.473 e. The van der Waals surface area contributed by atoms with Gasteiger partial charge in [-0.25, -0.2) is 9.59 Å². The quantitative estimate of drug-likeness (QED) is 0.629. The van der Waals surface area contributed by atoms with Crippen LogP contribution in [0.1, 0.15) is 17.4 Å². The molecule has 0 bridgehead atoms. The van der Waals surface area contributed by atoms with E-state index < -0.39 is 11.9 Å². The number of nitrogens with zero attached hydrogens (tertiary/aromatic N) is 3. The van der Waals surface area contributed by atoms with Crippen molar-refractivity contribution in [3.8, 4) is 11.6 Å². The molecule has 4 rings (SSSR count). The van der Waals surface area contributed by atoms with Crippen LogP contribution in [-0.2, 0) is 16.1 Å². The number of likely N-dealkylation sites (tertiary alicyclic amines) is 1. The molecule has 9 nitrogen and oxygen atoms in total. The molecule has 0 saturated carbocycles. The van der Waals surface area contributed by atoms with E-state index in [0.717, 1.165) is 30.2 Å². The molecule has 28 heavy (non-hydrogen) atoms. The zero-order valence-electron chi connectivity index (χ0n) is 14.5. The van der Waals surface area contributed by atoms with Crippen LogP contribution in [0.15, 0.2) is 51.6 Å². The van der Waals surface area contributed by atoms with Crippen LogP contribution in [0.3, 0.4) is 0 Å². The summed E-state index contributed by atoms with van der Waals surface area (Å²) in [7, 11) is 0. The molecule has 2 aromatic heterocycles. The van der Waals surface area contributed by atoms with E-state index >= 15 is 0 Å². The maximum absolute atomic E-state index is 9.10. The van der Waals surface area contributed by atoms with E-state index in [1.54, 1.807) is 12.3 Å². The van der Waals surface area contributed by atoms with Gasteiger partial charge in [-0.15, -0.1) is 0 Å². The maximum Gasteiger partial charge on any atom is 0.414 e. The van der Waals surface area contributed by atoms with Gasteiger partial charge < -0.3 is 19.2 Å². The molecule has 10 heteroatoms.